The van der Waals surface area contributed by atoms with Gasteiger partial charge in [-0.1, -0.05) is 11.6 Å². The number of hydrogen-bond donors (Lipinski definition) is 1. The van der Waals surface area contributed by atoms with Crippen LogP contribution in [0.15, 0.2) is 18.2 Å². The van der Waals surface area contributed by atoms with Crippen LogP contribution < -0.4 is 5.32 Å². The van der Waals surface area contributed by atoms with Gasteiger partial charge in [0.15, 0.2) is 6.10 Å². The molecule has 1 aliphatic rings. The van der Waals surface area contributed by atoms with E-state index in [0.29, 0.717) is 6.54 Å². The Kier molecular flexibility index (Phi) is 4.34. The monoisotopic (exact) mass is 280 g/mol. The van der Waals surface area contributed by atoms with Crippen LogP contribution in [0.3, 0.4) is 0 Å². The molecule has 1 aromatic carbocycles. The smallest absolute Gasteiger partial charge is 0.257 e. The lowest BCUT2D eigenvalue weighted by Gasteiger charge is -2.32. The fraction of sp³-hybridized carbons (Fsp3) is 0.429. The molecule has 1 atom stereocenters. The predicted molar refractivity (Wildman–Crippen MR) is 70.8 cm³/mol. The molecule has 1 aromatic rings. The molecule has 2 amide bonds. The highest BCUT2D eigenvalue weighted by atomic mass is 19.1. The number of aryl methyl sites for hydroxylation is 1. The van der Waals surface area contributed by atoms with Crippen molar-refractivity contribution in [2.75, 3.05) is 26.7 Å². The van der Waals surface area contributed by atoms with Gasteiger partial charge in [0, 0.05) is 13.6 Å². The van der Waals surface area contributed by atoms with E-state index in [1.54, 1.807) is 13.0 Å². The van der Waals surface area contributed by atoms with Gasteiger partial charge in [0.2, 0.25) is 0 Å². The van der Waals surface area contributed by atoms with E-state index in [4.69, 9.17) is 4.74 Å². The van der Waals surface area contributed by atoms with Crippen LogP contribution >= 0.6 is 0 Å². The molecule has 1 N–H and O–H groups in total. The molecule has 0 aliphatic carbocycles. The average molecular weight is 280 g/mol. The van der Waals surface area contributed by atoms with Gasteiger partial charge < -0.3 is 15.0 Å². The first kappa shape index (κ1) is 14.5. The summed E-state index contributed by atoms with van der Waals surface area (Å²) in [6.07, 6.45) is -0.703. The zero-order valence-electron chi connectivity index (χ0n) is 11.5. The van der Waals surface area contributed by atoms with Crippen LogP contribution in [0.1, 0.15) is 15.9 Å². The first-order valence-corrected chi connectivity index (χ1v) is 6.41. The Morgan fingerprint density at radius 1 is 1.45 bits per heavy atom. The van der Waals surface area contributed by atoms with E-state index in [-0.39, 0.29) is 24.6 Å². The third-order valence-corrected chi connectivity index (χ3v) is 3.24. The minimum atomic E-state index is -0.703. The van der Waals surface area contributed by atoms with Crippen LogP contribution in [0.4, 0.5) is 4.39 Å². The molecule has 1 fully saturated rings. The Balaban J connectivity index is 2.16. The summed E-state index contributed by atoms with van der Waals surface area (Å²) >= 11 is 0. The molecule has 0 radical (unpaired) electrons. The average Bonchev–Trinajstić information content (AvgIpc) is 2.48. The molecule has 1 heterocycles. The van der Waals surface area contributed by atoms with E-state index in [1.807, 2.05) is 0 Å². The number of hydrogen-bond acceptors (Lipinski definition) is 3. The molecule has 0 aromatic heterocycles. The van der Waals surface area contributed by atoms with Crippen LogP contribution in [0.5, 0.6) is 0 Å². The van der Waals surface area contributed by atoms with Crippen LogP contribution in [0.25, 0.3) is 0 Å². The lowest BCUT2D eigenvalue weighted by atomic mass is 10.1. The standard InChI is InChI=1S/C14H17FN2O3/c1-9-3-4-11(15)10(7-9)14(19)17-5-6-20-12(8-17)13(18)16-2/h3-4,7,12H,5-6,8H2,1-2H3,(H,16,18)/t12-/m0/s1. The number of benzene rings is 1. The zero-order valence-corrected chi connectivity index (χ0v) is 11.5. The third-order valence-electron chi connectivity index (χ3n) is 3.24. The maximum Gasteiger partial charge on any atom is 0.257 e. The van der Waals surface area contributed by atoms with Gasteiger partial charge in [-0.3, -0.25) is 9.59 Å². The molecule has 0 saturated carbocycles. The van der Waals surface area contributed by atoms with E-state index in [9.17, 15) is 14.0 Å². The van der Waals surface area contributed by atoms with E-state index in [1.165, 1.54) is 24.1 Å². The van der Waals surface area contributed by atoms with E-state index in [0.717, 1.165) is 5.56 Å². The van der Waals surface area contributed by atoms with Crippen molar-refractivity contribution in [3.63, 3.8) is 0 Å². The molecule has 0 unspecified atom stereocenters. The SMILES string of the molecule is CNC(=O)[C@@H]1CN(C(=O)c2cc(C)ccc2F)CCO1. The third kappa shape index (κ3) is 2.96. The molecule has 5 nitrogen and oxygen atoms in total. The van der Waals surface area contributed by atoms with Crippen molar-refractivity contribution >= 4 is 11.8 Å². The number of morpholine rings is 1. The molecule has 2 rings (SSSR count). The molecule has 6 heteroatoms. The lowest BCUT2D eigenvalue weighted by molar-refractivity contribution is -0.136. The molecule has 1 aliphatic heterocycles. The Morgan fingerprint density at radius 2 is 2.20 bits per heavy atom. The van der Waals surface area contributed by atoms with Crippen molar-refractivity contribution in [1.29, 1.82) is 0 Å². The summed E-state index contributed by atoms with van der Waals surface area (Å²) < 4.78 is 19.0. The molecule has 20 heavy (non-hydrogen) atoms. The van der Waals surface area contributed by atoms with Gasteiger partial charge in [-0.05, 0) is 19.1 Å². The minimum absolute atomic E-state index is 0.0301. The van der Waals surface area contributed by atoms with Crippen LogP contribution in [0.2, 0.25) is 0 Å². The maximum absolute atomic E-state index is 13.7. The first-order valence-electron chi connectivity index (χ1n) is 6.41. The van der Waals surface area contributed by atoms with Crippen molar-refractivity contribution in [1.82, 2.24) is 10.2 Å². The lowest BCUT2D eigenvalue weighted by Crippen LogP contribution is -2.51. The van der Waals surface area contributed by atoms with Crippen molar-refractivity contribution in [3.05, 3.63) is 35.1 Å². The number of rotatable bonds is 2. The molecule has 0 bridgehead atoms. The summed E-state index contributed by atoms with van der Waals surface area (Å²) in [6, 6.07) is 4.40. The van der Waals surface area contributed by atoms with Crippen molar-refractivity contribution in [3.8, 4) is 0 Å². The second kappa shape index (κ2) is 6.00. The summed E-state index contributed by atoms with van der Waals surface area (Å²) in [4.78, 5) is 25.3. The summed E-state index contributed by atoms with van der Waals surface area (Å²) in [5, 5.41) is 2.48. The number of carbonyl (C=O) groups is 2. The number of carbonyl (C=O) groups excluding carboxylic acids is 2. The van der Waals surface area contributed by atoms with E-state index in [2.05, 4.69) is 5.32 Å². The first-order chi connectivity index (χ1) is 9.52. The van der Waals surface area contributed by atoms with Gasteiger partial charge in [0.25, 0.3) is 11.8 Å². The maximum atomic E-state index is 13.7. The second-order valence-electron chi connectivity index (χ2n) is 4.71. The number of nitrogens with zero attached hydrogens (tertiary/aromatic N) is 1. The largest absolute Gasteiger partial charge is 0.365 e. The van der Waals surface area contributed by atoms with Crippen LogP contribution in [-0.2, 0) is 9.53 Å². The van der Waals surface area contributed by atoms with Crippen molar-refractivity contribution < 1.29 is 18.7 Å². The predicted octanol–water partition coefficient (Wildman–Crippen LogP) is 0.721. The van der Waals surface area contributed by atoms with Gasteiger partial charge in [-0.2, -0.15) is 0 Å². The van der Waals surface area contributed by atoms with Gasteiger partial charge >= 0.3 is 0 Å². The van der Waals surface area contributed by atoms with Crippen LogP contribution in [0, 0.1) is 12.7 Å². The van der Waals surface area contributed by atoms with Gasteiger partial charge in [0.1, 0.15) is 5.82 Å². The minimum Gasteiger partial charge on any atom is -0.365 e. The second-order valence-corrected chi connectivity index (χ2v) is 4.71. The zero-order chi connectivity index (χ0) is 14.7. The molecular weight excluding hydrogens is 263 g/mol. The van der Waals surface area contributed by atoms with Crippen LogP contribution in [-0.4, -0.2) is 49.6 Å². The summed E-state index contributed by atoms with van der Waals surface area (Å²) in [5.74, 6) is -1.25. The molecule has 1 saturated heterocycles. The highest BCUT2D eigenvalue weighted by Crippen LogP contribution is 2.15. The van der Waals surface area contributed by atoms with Gasteiger partial charge in [0.05, 0.1) is 18.7 Å². The Hall–Kier alpha value is -1.95. The molecular formula is C14H17FN2O3. The quantitative estimate of drug-likeness (QED) is 0.868. The topological polar surface area (TPSA) is 58.6 Å². The highest BCUT2D eigenvalue weighted by Gasteiger charge is 2.30. The summed E-state index contributed by atoms with van der Waals surface area (Å²) in [5.41, 5.74) is 0.841. The van der Waals surface area contributed by atoms with E-state index < -0.39 is 17.8 Å². The Labute approximate surface area is 116 Å². The number of likely N-dealkylation sites (N-methyl/N-ethyl adjacent to an activating group) is 1. The van der Waals surface area contributed by atoms with Gasteiger partial charge in [-0.15, -0.1) is 0 Å². The van der Waals surface area contributed by atoms with Crippen molar-refractivity contribution in [2.24, 2.45) is 0 Å². The summed E-state index contributed by atoms with van der Waals surface area (Å²) in [6.45, 7) is 2.53. The number of nitrogens with one attached hydrogen (secondary N) is 1. The number of amides is 2. The Bertz CT molecular complexity index is 533. The fourth-order valence-electron chi connectivity index (χ4n) is 2.13. The molecule has 0 spiro atoms. The highest BCUT2D eigenvalue weighted by molar-refractivity contribution is 5.95. The Morgan fingerprint density at radius 3 is 2.90 bits per heavy atom. The summed E-state index contributed by atoms with van der Waals surface area (Å²) in [7, 11) is 1.51. The van der Waals surface area contributed by atoms with Crippen molar-refractivity contribution in [2.45, 2.75) is 13.0 Å². The fourth-order valence-corrected chi connectivity index (χ4v) is 2.13. The molecule has 108 valence electrons. The number of ether oxygens (including phenoxy) is 1. The number of halogens is 1. The van der Waals surface area contributed by atoms with E-state index >= 15 is 0 Å². The van der Waals surface area contributed by atoms with Gasteiger partial charge in [-0.25, -0.2) is 4.39 Å². The normalized spacial score (nSPS) is 18.8.